The quantitative estimate of drug-likeness (QED) is 0.215. The van der Waals surface area contributed by atoms with Gasteiger partial charge in [-0.1, -0.05) is 73.2 Å². The first-order valence-electron chi connectivity index (χ1n) is 13.9. The maximum absolute atomic E-state index is 13.7. The number of para-hydroxylation sites is 1. The Bertz CT molecular complexity index is 1560. The molecule has 0 saturated carbocycles. The molecule has 0 aliphatic rings. The molecule has 0 aliphatic carbocycles. The summed E-state index contributed by atoms with van der Waals surface area (Å²) in [5.74, 6) is -0.425. The third-order valence-electron chi connectivity index (χ3n) is 7.47. The van der Waals surface area contributed by atoms with Gasteiger partial charge in [0.25, 0.3) is 17.4 Å². The van der Waals surface area contributed by atoms with Crippen molar-refractivity contribution < 1.29 is 9.59 Å². The Morgan fingerprint density at radius 1 is 1.00 bits per heavy atom. The molecule has 1 heterocycles. The molecular weight excluding hydrogens is 550 g/mol. The summed E-state index contributed by atoms with van der Waals surface area (Å²) in [6.45, 7) is 6.56. The number of amides is 2. The average Bonchev–Trinajstić information content (AvgIpc) is 2.98. The molecule has 0 radical (unpaired) electrons. The molecule has 4 rings (SSSR count). The van der Waals surface area contributed by atoms with Crippen LogP contribution in [0.25, 0.3) is 0 Å². The van der Waals surface area contributed by atoms with Gasteiger partial charge in [0.1, 0.15) is 11.4 Å². The highest BCUT2D eigenvalue weighted by atomic mass is 35.5. The number of nitrogens with zero attached hydrogens (tertiary/aromatic N) is 2. The molecule has 4 N–H and O–H groups in total. The number of hydrogen-bond acceptors (Lipinski definition) is 5. The first kappa shape index (κ1) is 32.2. The van der Waals surface area contributed by atoms with E-state index in [1.54, 1.807) is 17.0 Å². The second kappa shape index (κ2) is 14.6. The lowest BCUT2D eigenvalue weighted by molar-refractivity contribution is 0.0460. The van der Waals surface area contributed by atoms with Gasteiger partial charge in [-0.3, -0.25) is 14.4 Å². The highest BCUT2D eigenvalue weighted by Gasteiger charge is 2.38. The minimum atomic E-state index is -0.937. The zero-order valence-electron chi connectivity index (χ0n) is 24.2. The number of aromatic amines is 1. The Labute approximate surface area is 252 Å². The lowest BCUT2D eigenvalue weighted by atomic mass is 9.93. The Hall–Kier alpha value is -4.27. The number of nitrogens with two attached hydrogens (primary N) is 1. The number of benzene rings is 3. The molecule has 0 aliphatic heterocycles. The third kappa shape index (κ3) is 7.32. The number of aromatic nitrogens is 2. The molecule has 1 unspecified atom stereocenters. The highest BCUT2D eigenvalue weighted by Crippen LogP contribution is 2.31. The zero-order chi connectivity index (χ0) is 29.4. The van der Waals surface area contributed by atoms with E-state index < -0.39 is 17.0 Å². The first-order chi connectivity index (χ1) is 19.8. The smallest absolute Gasteiger partial charge is 0.263 e. The topological polar surface area (TPSA) is 121 Å². The van der Waals surface area contributed by atoms with Crippen LogP contribution in [0.1, 0.15) is 69.9 Å². The van der Waals surface area contributed by atoms with Crippen molar-refractivity contribution in [2.45, 2.75) is 45.6 Å². The van der Waals surface area contributed by atoms with Crippen molar-refractivity contribution in [3.63, 3.8) is 0 Å². The predicted octanol–water partition coefficient (Wildman–Crippen LogP) is 5.46. The molecule has 2 amide bonds. The third-order valence-corrected chi connectivity index (χ3v) is 7.47. The Morgan fingerprint density at radius 2 is 1.67 bits per heavy atom. The molecule has 0 spiro atoms. The number of H-pyrrole nitrogens is 1. The van der Waals surface area contributed by atoms with E-state index >= 15 is 0 Å². The molecular formula is C33H38ClN5O3. The lowest BCUT2D eigenvalue weighted by Gasteiger charge is -2.40. The number of rotatable bonds is 11. The number of nitrogens with one attached hydrogen (secondary N) is 2. The van der Waals surface area contributed by atoms with Gasteiger partial charge in [0, 0.05) is 24.0 Å². The Morgan fingerprint density at radius 3 is 2.31 bits per heavy atom. The normalized spacial score (nSPS) is 12.1. The van der Waals surface area contributed by atoms with Gasteiger partial charge < -0.3 is 20.9 Å². The summed E-state index contributed by atoms with van der Waals surface area (Å²) in [5.41, 5.74) is 8.43. The van der Waals surface area contributed by atoms with Crippen molar-refractivity contribution >= 4 is 29.9 Å². The van der Waals surface area contributed by atoms with Gasteiger partial charge in [-0.15, -0.1) is 12.4 Å². The van der Waals surface area contributed by atoms with Crippen molar-refractivity contribution in [1.29, 1.82) is 0 Å². The number of carbonyl (C=O) groups excluding carboxylic acids is 2. The Balaban J connectivity index is 0.00000484. The second-order valence-electron chi connectivity index (χ2n) is 10.3. The minimum absolute atomic E-state index is 0. The maximum atomic E-state index is 13.7. The van der Waals surface area contributed by atoms with Gasteiger partial charge in [-0.2, -0.15) is 0 Å². The van der Waals surface area contributed by atoms with E-state index in [1.165, 1.54) is 6.20 Å². The van der Waals surface area contributed by atoms with E-state index in [0.717, 1.165) is 16.7 Å². The van der Waals surface area contributed by atoms with Crippen LogP contribution in [-0.4, -0.2) is 39.8 Å². The average molecular weight is 588 g/mol. The van der Waals surface area contributed by atoms with E-state index in [4.69, 9.17) is 5.73 Å². The van der Waals surface area contributed by atoms with E-state index in [0.29, 0.717) is 49.4 Å². The number of aryl methyl sites for hydroxylation is 1. The van der Waals surface area contributed by atoms with E-state index in [9.17, 15) is 14.4 Å². The summed E-state index contributed by atoms with van der Waals surface area (Å²) >= 11 is 0. The van der Waals surface area contributed by atoms with Gasteiger partial charge in [-0.05, 0) is 69.0 Å². The van der Waals surface area contributed by atoms with Gasteiger partial charge in [0.2, 0.25) is 0 Å². The van der Waals surface area contributed by atoms with Crippen LogP contribution < -0.4 is 16.6 Å². The largest absolute Gasteiger partial charge is 0.330 e. The molecule has 0 bridgehead atoms. The van der Waals surface area contributed by atoms with Gasteiger partial charge in [0.15, 0.2) is 0 Å². The van der Waals surface area contributed by atoms with Gasteiger partial charge in [0.05, 0.1) is 5.54 Å². The van der Waals surface area contributed by atoms with E-state index in [2.05, 4.69) is 15.3 Å². The van der Waals surface area contributed by atoms with Crippen LogP contribution in [0.4, 0.5) is 5.69 Å². The van der Waals surface area contributed by atoms with Gasteiger partial charge in [-0.25, -0.2) is 4.98 Å². The zero-order valence-corrected chi connectivity index (χ0v) is 25.0. The monoisotopic (exact) mass is 587 g/mol. The van der Waals surface area contributed by atoms with Crippen molar-refractivity contribution in [3.05, 3.63) is 129 Å². The Kier molecular flexibility index (Phi) is 11.2. The predicted molar refractivity (Wildman–Crippen MR) is 169 cm³/mol. The van der Waals surface area contributed by atoms with Crippen molar-refractivity contribution in [3.8, 4) is 0 Å². The number of hydrogen-bond donors (Lipinski definition) is 3. The summed E-state index contributed by atoms with van der Waals surface area (Å²) in [4.78, 5) is 49.2. The summed E-state index contributed by atoms with van der Waals surface area (Å²) < 4.78 is 0. The fourth-order valence-corrected chi connectivity index (χ4v) is 4.79. The van der Waals surface area contributed by atoms with Crippen LogP contribution in [0.15, 0.2) is 89.9 Å². The minimum Gasteiger partial charge on any atom is -0.330 e. The van der Waals surface area contributed by atoms with Crippen molar-refractivity contribution in [1.82, 2.24) is 14.9 Å². The molecule has 1 aromatic heterocycles. The SMILES string of the molecule is CCC(C)(c1ncc(C(=O)Nc2ccccc2Cc2ccccc2)c(=O)[nH]1)N(CCCN)C(=O)c1ccc(C)cc1.Cl. The molecule has 3 aromatic carbocycles. The number of anilines is 1. The summed E-state index contributed by atoms with van der Waals surface area (Å²) in [6, 6.07) is 24.8. The van der Waals surface area contributed by atoms with E-state index in [1.807, 2.05) is 87.5 Å². The first-order valence-corrected chi connectivity index (χ1v) is 13.9. The van der Waals surface area contributed by atoms with E-state index in [-0.39, 0.29) is 23.9 Å². The molecule has 0 fully saturated rings. The van der Waals surface area contributed by atoms with Crippen LogP contribution in [0.2, 0.25) is 0 Å². The molecule has 9 heteroatoms. The summed E-state index contributed by atoms with van der Waals surface area (Å²) in [7, 11) is 0. The van der Waals surface area contributed by atoms with Gasteiger partial charge >= 0.3 is 0 Å². The fourth-order valence-electron chi connectivity index (χ4n) is 4.79. The molecule has 0 saturated heterocycles. The summed E-state index contributed by atoms with van der Waals surface area (Å²) in [5, 5.41) is 2.88. The molecule has 1 atom stereocenters. The maximum Gasteiger partial charge on any atom is 0.263 e. The van der Waals surface area contributed by atoms with Crippen LogP contribution in [0.3, 0.4) is 0 Å². The molecule has 8 nitrogen and oxygen atoms in total. The number of carbonyl (C=O) groups is 2. The number of halogens is 1. The van der Waals surface area contributed by atoms with Crippen molar-refractivity contribution in [2.75, 3.05) is 18.4 Å². The second-order valence-corrected chi connectivity index (χ2v) is 10.3. The van der Waals surface area contributed by atoms with Crippen LogP contribution in [0, 0.1) is 6.92 Å². The van der Waals surface area contributed by atoms with Crippen molar-refractivity contribution in [2.24, 2.45) is 5.73 Å². The molecule has 220 valence electrons. The highest BCUT2D eigenvalue weighted by molar-refractivity contribution is 6.04. The summed E-state index contributed by atoms with van der Waals surface area (Å²) in [6.07, 6.45) is 2.98. The lowest BCUT2D eigenvalue weighted by Crippen LogP contribution is -2.50. The van der Waals surface area contributed by atoms with Crippen LogP contribution >= 0.6 is 12.4 Å². The molecule has 4 aromatic rings. The standard InChI is InChI=1S/C33H37N5O3.ClH/c1-4-33(3,38(20-10-19-34)31(41)25-17-15-23(2)16-18-25)32-35-22-27(30(40)37-32)29(39)36-28-14-9-8-13-26(28)21-24-11-6-5-7-12-24;/h5-9,11-18,22H,4,10,19-21,34H2,1-3H3,(H,36,39)(H,35,37,40);1H. The fraction of sp³-hybridized carbons (Fsp3) is 0.273. The van der Waals surface area contributed by atoms with Crippen LogP contribution in [0.5, 0.6) is 0 Å². The van der Waals surface area contributed by atoms with Crippen LogP contribution in [-0.2, 0) is 12.0 Å². The molecule has 42 heavy (non-hydrogen) atoms.